The van der Waals surface area contributed by atoms with Gasteiger partial charge >= 0.3 is 5.97 Å². The maximum Gasteiger partial charge on any atom is 0.324 e. The van der Waals surface area contributed by atoms with Gasteiger partial charge in [0.25, 0.3) is 0 Å². The third-order valence-corrected chi connectivity index (χ3v) is 6.44. The molecule has 7 heteroatoms. The standard InChI is InChI=1S/C21H23NO5S/c1-16-11-13-18(14-12-16)28(24,25)22-19(21(23)26-2)9-6-10-20(22)27-15-17-7-4-3-5-8-17/h3-8,10-14,19-20H,9,15H2,1-2H3/t19-,20?/m0/s1. The van der Waals surface area contributed by atoms with E-state index in [1.165, 1.54) is 19.2 Å². The Kier molecular flexibility index (Phi) is 6.28. The third kappa shape index (κ3) is 4.32. The molecule has 0 bridgehead atoms. The van der Waals surface area contributed by atoms with Crippen LogP contribution in [0.3, 0.4) is 0 Å². The summed E-state index contributed by atoms with van der Waals surface area (Å²) < 4.78 is 38.6. The van der Waals surface area contributed by atoms with E-state index >= 15 is 0 Å². The van der Waals surface area contributed by atoms with E-state index in [1.54, 1.807) is 24.3 Å². The van der Waals surface area contributed by atoms with Crippen LogP contribution in [0.25, 0.3) is 0 Å². The van der Waals surface area contributed by atoms with Gasteiger partial charge in [0.05, 0.1) is 18.6 Å². The Morgan fingerprint density at radius 1 is 1.11 bits per heavy atom. The van der Waals surface area contributed by atoms with E-state index in [9.17, 15) is 13.2 Å². The summed E-state index contributed by atoms with van der Waals surface area (Å²) in [7, 11) is -2.73. The molecule has 0 amide bonds. The maximum absolute atomic E-state index is 13.4. The number of carbonyl (C=O) groups excluding carboxylic acids is 1. The zero-order valence-corrected chi connectivity index (χ0v) is 16.6. The molecule has 1 aliphatic heterocycles. The van der Waals surface area contributed by atoms with Crippen LogP contribution in [0.15, 0.2) is 71.6 Å². The second-order valence-corrected chi connectivity index (χ2v) is 8.38. The van der Waals surface area contributed by atoms with Gasteiger partial charge in [-0.05, 0) is 37.1 Å². The number of rotatable bonds is 6. The molecule has 6 nitrogen and oxygen atoms in total. The molecule has 1 heterocycles. The van der Waals surface area contributed by atoms with Crippen molar-refractivity contribution in [3.63, 3.8) is 0 Å². The molecular formula is C21H23NO5S. The summed E-state index contributed by atoms with van der Waals surface area (Å²) in [4.78, 5) is 12.4. The van der Waals surface area contributed by atoms with Crippen molar-refractivity contribution in [2.45, 2.75) is 37.1 Å². The first-order valence-corrected chi connectivity index (χ1v) is 10.4. The van der Waals surface area contributed by atoms with Crippen LogP contribution in [0.2, 0.25) is 0 Å². The summed E-state index contributed by atoms with van der Waals surface area (Å²) in [6.07, 6.45) is 2.72. The summed E-state index contributed by atoms with van der Waals surface area (Å²) in [5.41, 5.74) is 1.85. The number of hydrogen-bond acceptors (Lipinski definition) is 5. The molecule has 2 atom stereocenters. The molecule has 0 saturated heterocycles. The van der Waals surface area contributed by atoms with Crippen LogP contribution in [0.1, 0.15) is 17.5 Å². The second kappa shape index (κ2) is 8.68. The fourth-order valence-electron chi connectivity index (χ4n) is 3.05. The van der Waals surface area contributed by atoms with Crippen LogP contribution in [0.5, 0.6) is 0 Å². The third-order valence-electron chi connectivity index (χ3n) is 4.55. The molecule has 0 fully saturated rings. The molecular weight excluding hydrogens is 378 g/mol. The van der Waals surface area contributed by atoms with E-state index in [2.05, 4.69) is 0 Å². The van der Waals surface area contributed by atoms with Gasteiger partial charge in [0.1, 0.15) is 12.3 Å². The smallest absolute Gasteiger partial charge is 0.324 e. The number of methoxy groups -OCH3 is 1. The Bertz CT molecular complexity index is 939. The first kappa shape index (κ1) is 20.3. The molecule has 3 rings (SSSR count). The predicted octanol–water partition coefficient (Wildman–Crippen LogP) is 3.03. The number of sulfonamides is 1. The summed E-state index contributed by atoms with van der Waals surface area (Å²) in [6, 6.07) is 15.0. The molecule has 1 aliphatic rings. The van der Waals surface area contributed by atoms with Crippen molar-refractivity contribution in [2.75, 3.05) is 7.11 Å². The molecule has 2 aromatic rings. The Hall–Kier alpha value is -2.48. The minimum atomic E-state index is -3.98. The lowest BCUT2D eigenvalue weighted by Gasteiger charge is -2.36. The molecule has 1 unspecified atom stereocenters. The number of ether oxygens (including phenoxy) is 2. The van der Waals surface area contributed by atoms with Crippen LogP contribution in [-0.4, -0.2) is 38.1 Å². The first-order valence-electron chi connectivity index (χ1n) is 8.93. The largest absolute Gasteiger partial charge is 0.468 e. The minimum Gasteiger partial charge on any atom is -0.468 e. The lowest BCUT2D eigenvalue weighted by Crippen LogP contribution is -2.52. The van der Waals surface area contributed by atoms with Crippen molar-refractivity contribution >= 4 is 16.0 Å². The Balaban J connectivity index is 1.94. The molecule has 28 heavy (non-hydrogen) atoms. The number of hydrogen-bond donors (Lipinski definition) is 0. The molecule has 0 aromatic heterocycles. The normalized spacial score (nSPS) is 20.1. The molecule has 2 aromatic carbocycles. The van der Waals surface area contributed by atoms with Gasteiger partial charge in [0.15, 0.2) is 0 Å². The highest BCUT2D eigenvalue weighted by atomic mass is 32.2. The first-order chi connectivity index (χ1) is 13.4. The van der Waals surface area contributed by atoms with Crippen molar-refractivity contribution in [2.24, 2.45) is 0 Å². The minimum absolute atomic E-state index is 0.107. The Morgan fingerprint density at radius 3 is 2.43 bits per heavy atom. The van der Waals surface area contributed by atoms with Crippen molar-refractivity contribution in [3.05, 3.63) is 77.9 Å². The van der Waals surface area contributed by atoms with Crippen LogP contribution in [-0.2, 0) is 30.9 Å². The lowest BCUT2D eigenvalue weighted by molar-refractivity contribution is -0.148. The average Bonchev–Trinajstić information content (AvgIpc) is 2.72. The highest BCUT2D eigenvalue weighted by molar-refractivity contribution is 7.89. The van der Waals surface area contributed by atoms with E-state index < -0.39 is 28.3 Å². The van der Waals surface area contributed by atoms with Crippen molar-refractivity contribution in [3.8, 4) is 0 Å². The van der Waals surface area contributed by atoms with Crippen molar-refractivity contribution < 1.29 is 22.7 Å². The molecule has 0 saturated carbocycles. The molecule has 0 N–H and O–H groups in total. The molecule has 0 aliphatic carbocycles. The predicted molar refractivity (Wildman–Crippen MR) is 105 cm³/mol. The van der Waals surface area contributed by atoms with Crippen LogP contribution in [0, 0.1) is 6.92 Å². The quantitative estimate of drug-likeness (QED) is 0.550. The number of benzene rings is 2. The number of esters is 1. The summed E-state index contributed by atoms with van der Waals surface area (Å²) in [5.74, 6) is -0.617. The monoisotopic (exact) mass is 401 g/mol. The summed E-state index contributed by atoms with van der Waals surface area (Å²) in [5, 5.41) is 0. The van der Waals surface area contributed by atoms with Gasteiger partial charge in [-0.3, -0.25) is 4.79 Å². The van der Waals surface area contributed by atoms with Gasteiger partial charge < -0.3 is 9.47 Å². The number of aryl methyl sites for hydroxylation is 1. The fraction of sp³-hybridized carbons (Fsp3) is 0.286. The van der Waals surface area contributed by atoms with Gasteiger partial charge in [-0.25, -0.2) is 8.42 Å². The van der Waals surface area contributed by atoms with Crippen LogP contribution >= 0.6 is 0 Å². The molecule has 148 valence electrons. The zero-order valence-electron chi connectivity index (χ0n) is 15.8. The van der Waals surface area contributed by atoms with E-state index in [0.717, 1.165) is 15.4 Å². The number of carbonyl (C=O) groups is 1. The van der Waals surface area contributed by atoms with Gasteiger partial charge in [0.2, 0.25) is 10.0 Å². The van der Waals surface area contributed by atoms with Gasteiger partial charge in [-0.1, -0.05) is 54.1 Å². The maximum atomic E-state index is 13.4. The highest BCUT2D eigenvalue weighted by Gasteiger charge is 2.42. The van der Waals surface area contributed by atoms with Crippen molar-refractivity contribution in [1.29, 1.82) is 0 Å². The van der Waals surface area contributed by atoms with E-state index in [4.69, 9.17) is 9.47 Å². The van der Waals surface area contributed by atoms with Crippen molar-refractivity contribution in [1.82, 2.24) is 4.31 Å². The Labute approximate surface area is 165 Å². The topological polar surface area (TPSA) is 72.9 Å². The SMILES string of the molecule is COC(=O)[C@@H]1CC=CC(OCc2ccccc2)N1S(=O)(=O)c1ccc(C)cc1. The van der Waals surface area contributed by atoms with Gasteiger partial charge in [-0.15, -0.1) is 0 Å². The fourth-order valence-corrected chi connectivity index (χ4v) is 4.68. The van der Waals surface area contributed by atoms with E-state index in [1.807, 2.05) is 37.3 Å². The zero-order chi connectivity index (χ0) is 20.1. The van der Waals surface area contributed by atoms with E-state index in [0.29, 0.717) is 0 Å². The summed E-state index contributed by atoms with van der Waals surface area (Å²) >= 11 is 0. The molecule has 0 spiro atoms. The highest BCUT2D eigenvalue weighted by Crippen LogP contribution is 2.28. The van der Waals surface area contributed by atoms with E-state index in [-0.39, 0.29) is 17.9 Å². The summed E-state index contributed by atoms with van der Waals surface area (Å²) in [6.45, 7) is 2.09. The Morgan fingerprint density at radius 2 is 1.79 bits per heavy atom. The van der Waals surface area contributed by atoms with Crippen LogP contribution < -0.4 is 0 Å². The van der Waals surface area contributed by atoms with Gasteiger partial charge in [0, 0.05) is 0 Å². The molecule has 0 radical (unpaired) electrons. The lowest BCUT2D eigenvalue weighted by atomic mass is 10.1. The van der Waals surface area contributed by atoms with Crippen LogP contribution in [0.4, 0.5) is 0 Å². The van der Waals surface area contributed by atoms with Gasteiger partial charge in [-0.2, -0.15) is 4.31 Å². The second-order valence-electron chi connectivity index (χ2n) is 6.54. The average molecular weight is 401 g/mol. The number of nitrogens with zero attached hydrogens (tertiary/aromatic N) is 1.